The monoisotopic (exact) mass is 753 g/mol. The third-order valence-corrected chi connectivity index (χ3v) is 15.0. The zero-order chi connectivity index (χ0) is 39.6. The normalized spacial score (nSPS) is 14.9. The Balaban J connectivity index is 3.67. The number of carbonyl (C=O) groups is 4. The summed E-state index contributed by atoms with van der Waals surface area (Å²) in [5.41, 5.74) is 0.446. The molecule has 292 valence electrons. The molecule has 0 aromatic heterocycles. The van der Waals surface area contributed by atoms with E-state index in [1.54, 1.807) is 6.92 Å². The molecular formula is C37H67N5O7SSi. The first-order chi connectivity index (χ1) is 23.2. The van der Waals surface area contributed by atoms with Crippen LogP contribution in [-0.2, 0) is 24.0 Å². The third kappa shape index (κ3) is 14.5. The van der Waals surface area contributed by atoms with Gasteiger partial charge < -0.3 is 25.7 Å². The maximum Gasteiger partial charge on any atom is 0.251 e. The molecule has 1 aromatic carbocycles. The van der Waals surface area contributed by atoms with E-state index in [1.165, 1.54) is 25.2 Å². The molecule has 0 radical (unpaired) electrons. The Hall–Kier alpha value is -2.97. The van der Waals surface area contributed by atoms with Gasteiger partial charge in [-0.3, -0.25) is 23.5 Å². The first-order valence-electron chi connectivity index (χ1n) is 18.2. The van der Waals surface area contributed by atoms with Gasteiger partial charge in [0.05, 0.1) is 24.1 Å². The molecule has 0 saturated carbocycles. The van der Waals surface area contributed by atoms with Crippen LogP contribution in [0.4, 0.5) is 5.69 Å². The van der Waals surface area contributed by atoms with Crippen LogP contribution in [-0.4, -0.2) is 84.4 Å². The highest BCUT2D eigenvalue weighted by atomic mass is 32.2. The lowest BCUT2D eigenvalue weighted by atomic mass is 9.91. The largest absolute Gasteiger partial charge is 0.412 e. The predicted octanol–water partition coefficient (Wildman–Crippen LogP) is 5.45. The highest BCUT2D eigenvalue weighted by Crippen LogP contribution is 2.39. The second-order valence-electron chi connectivity index (χ2n) is 16.4. The second-order valence-corrected chi connectivity index (χ2v) is 23.2. The van der Waals surface area contributed by atoms with Crippen LogP contribution in [0, 0.1) is 17.8 Å². The van der Waals surface area contributed by atoms with Gasteiger partial charge in [0.1, 0.15) is 6.04 Å². The van der Waals surface area contributed by atoms with Crippen LogP contribution >= 0.6 is 0 Å². The third-order valence-electron chi connectivity index (χ3n) is 9.29. The van der Waals surface area contributed by atoms with Crippen LogP contribution in [0.5, 0.6) is 0 Å². The van der Waals surface area contributed by atoms with Gasteiger partial charge in [-0.05, 0) is 81.3 Å². The van der Waals surface area contributed by atoms with Gasteiger partial charge in [-0.15, -0.1) is 0 Å². The van der Waals surface area contributed by atoms with Gasteiger partial charge in [0.25, 0.3) is 11.8 Å². The van der Waals surface area contributed by atoms with Gasteiger partial charge in [-0.25, -0.2) is 8.42 Å². The maximum absolute atomic E-state index is 14.1. The van der Waals surface area contributed by atoms with Crippen molar-refractivity contribution in [2.45, 2.75) is 138 Å². The Morgan fingerprint density at radius 2 is 1.39 bits per heavy atom. The molecule has 12 nitrogen and oxygen atoms in total. The number of amides is 4. The van der Waals surface area contributed by atoms with E-state index in [-0.39, 0.29) is 58.0 Å². The average molecular weight is 754 g/mol. The Morgan fingerprint density at radius 1 is 0.843 bits per heavy atom. The van der Waals surface area contributed by atoms with Gasteiger partial charge in [0.15, 0.2) is 8.32 Å². The van der Waals surface area contributed by atoms with Gasteiger partial charge in [0, 0.05) is 36.7 Å². The molecule has 0 saturated heterocycles. The van der Waals surface area contributed by atoms with Gasteiger partial charge in [-0.2, -0.15) is 0 Å². The van der Waals surface area contributed by atoms with Crippen molar-refractivity contribution in [3.63, 3.8) is 0 Å². The van der Waals surface area contributed by atoms with E-state index in [0.717, 1.165) is 10.6 Å². The molecule has 4 atom stereocenters. The van der Waals surface area contributed by atoms with Crippen molar-refractivity contribution in [1.82, 2.24) is 21.3 Å². The van der Waals surface area contributed by atoms with Crippen molar-refractivity contribution in [2.75, 3.05) is 24.2 Å². The van der Waals surface area contributed by atoms with E-state index < -0.39 is 54.3 Å². The zero-order valence-electron chi connectivity index (χ0n) is 33.8. The lowest BCUT2D eigenvalue weighted by Crippen LogP contribution is -2.54. The fourth-order valence-electron chi connectivity index (χ4n) is 5.16. The van der Waals surface area contributed by atoms with Crippen molar-refractivity contribution in [2.24, 2.45) is 17.8 Å². The first kappa shape index (κ1) is 46.0. The minimum absolute atomic E-state index is 0.0786. The number of nitrogens with zero attached hydrogens (tertiary/aromatic N) is 1. The number of nitrogens with one attached hydrogen (secondary N) is 4. The Labute approximate surface area is 309 Å². The fraction of sp³-hybridized carbons (Fsp3) is 0.730. The lowest BCUT2D eigenvalue weighted by Gasteiger charge is -2.42. The molecule has 0 spiro atoms. The van der Waals surface area contributed by atoms with Gasteiger partial charge >= 0.3 is 0 Å². The molecule has 4 N–H and O–H groups in total. The Morgan fingerprint density at radius 3 is 1.84 bits per heavy atom. The van der Waals surface area contributed by atoms with E-state index in [9.17, 15) is 27.6 Å². The van der Waals surface area contributed by atoms with E-state index in [1.807, 2.05) is 48.5 Å². The predicted molar refractivity (Wildman–Crippen MR) is 209 cm³/mol. The average Bonchev–Trinajstić information content (AvgIpc) is 2.98. The second kappa shape index (κ2) is 19.2. The summed E-state index contributed by atoms with van der Waals surface area (Å²) in [6.45, 7) is 26.3. The van der Waals surface area contributed by atoms with E-state index in [0.29, 0.717) is 19.4 Å². The van der Waals surface area contributed by atoms with Crippen LogP contribution < -0.4 is 25.6 Å². The topological polar surface area (TPSA) is 163 Å². The molecule has 0 aliphatic rings. The quantitative estimate of drug-likeness (QED) is 0.137. The number of carbonyl (C=O) groups excluding carboxylic acids is 4. The molecule has 1 rings (SSSR count). The summed E-state index contributed by atoms with van der Waals surface area (Å²) in [7, 11) is -4.79. The van der Waals surface area contributed by atoms with E-state index >= 15 is 0 Å². The van der Waals surface area contributed by atoms with Crippen molar-refractivity contribution >= 4 is 47.7 Å². The van der Waals surface area contributed by atoms with Crippen molar-refractivity contribution in [1.29, 1.82) is 0 Å². The van der Waals surface area contributed by atoms with Gasteiger partial charge in [-0.1, -0.05) is 62.3 Å². The number of anilines is 1. The minimum atomic E-state index is -3.70. The molecule has 0 aliphatic heterocycles. The number of benzene rings is 1. The molecule has 0 aliphatic carbocycles. The molecule has 0 fully saturated rings. The maximum atomic E-state index is 14.1. The minimum Gasteiger partial charge on any atom is -0.412 e. The number of rotatable bonds is 19. The summed E-state index contributed by atoms with van der Waals surface area (Å²) < 4.78 is 33.0. The van der Waals surface area contributed by atoms with Crippen LogP contribution in [0.25, 0.3) is 0 Å². The van der Waals surface area contributed by atoms with Crippen molar-refractivity contribution < 1.29 is 32.0 Å². The Kier molecular flexibility index (Phi) is 17.3. The van der Waals surface area contributed by atoms with Crippen LogP contribution in [0.3, 0.4) is 0 Å². The molecule has 51 heavy (non-hydrogen) atoms. The number of hydrogen-bond donors (Lipinski definition) is 4. The van der Waals surface area contributed by atoms with Crippen LogP contribution in [0.2, 0.25) is 18.1 Å². The standard InChI is InChI=1S/C37H67N5O7SSi/c1-16-17-38-34(44)27-20-28(22-29(21-27)42(12)50(13,47)48)35(45)40-30(18-23(2)3)31(49-51(14,15)37(9,10)11)19-26(8)33(43)41-32(24(4)5)36(46)39-25(6)7/h20-26,30-32H,16-19H2,1-15H3,(H,38,44)(H,39,46)(H,40,45)(H,41,43)/t26-,30+,31+,32+/m1/s1. The summed E-state index contributed by atoms with van der Waals surface area (Å²) in [4.78, 5) is 53.8. The molecule has 0 bridgehead atoms. The number of hydrogen-bond acceptors (Lipinski definition) is 7. The summed E-state index contributed by atoms with van der Waals surface area (Å²) in [6.07, 6.45) is 1.98. The van der Waals surface area contributed by atoms with E-state index in [4.69, 9.17) is 4.43 Å². The van der Waals surface area contributed by atoms with Crippen molar-refractivity contribution in [3.8, 4) is 0 Å². The summed E-state index contributed by atoms with van der Waals surface area (Å²) >= 11 is 0. The highest BCUT2D eigenvalue weighted by Gasteiger charge is 2.42. The van der Waals surface area contributed by atoms with Crippen molar-refractivity contribution in [3.05, 3.63) is 29.3 Å². The summed E-state index contributed by atoms with van der Waals surface area (Å²) in [6, 6.07) is 3.03. The molecule has 0 unspecified atom stereocenters. The van der Waals surface area contributed by atoms with Crippen LogP contribution in [0.15, 0.2) is 18.2 Å². The summed E-state index contributed by atoms with van der Waals surface area (Å²) in [5, 5.41) is 11.6. The smallest absolute Gasteiger partial charge is 0.251 e. The highest BCUT2D eigenvalue weighted by molar-refractivity contribution is 7.92. The summed E-state index contributed by atoms with van der Waals surface area (Å²) in [5.74, 6) is -2.03. The Bertz CT molecular complexity index is 1460. The lowest BCUT2D eigenvalue weighted by molar-refractivity contribution is -0.132. The number of sulfonamides is 1. The first-order valence-corrected chi connectivity index (χ1v) is 22.9. The fourth-order valence-corrected chi connectivity index (χ4v) is 7.02. The van der Waals surface area contributed by atoms with Crippen LogP contribution in [0.1, 0.15) is 116 Å². The molecule has 14 heteroatoms. The van der Waals surface area contributed by atoms with E-state index in [2.05, 4.69) is 55.1 Å². The molecular weight excluding hydrogens is 687 g/mol. The zero-order valence-corrected chi connectivity index (χ0v) is 35.6. The molecule has 0 heterocycles. The SMILES string of the molecule is CCCNC(=O)c1cc(C(=O)N[C@@H](CC(C)C)[C@H](C[C@@H](C)C(=O)N[C@H](C(=O)NC(C)C)C(C)C)O[Si](C)(C)C(C)(C)C)cc(N(C)S(C)(=O)=O)c1. The molecule has 4 amide bonds. The molecule has 1 aromatic rings. The van der Waals surface area contributed by atoms with Gasteiger partial charge in [0.2, 0.25) is 21.8 Å².